The molecule has 0 aliphatic heterocycles. The minimum absolute atomic E-state index is 0.182. The van der Waals surface area contributed by atoms with E-state index in [4.69, 9.17) is 5.73 Å². The van der Waals surface area contributed by atoms with E-state index in [0.29, 0.717) is 0 Å². The fourth-order valence-corrected chi connectivity index (χ4v) is 1.34. The van der Waals surface area contributed by atoms with Gasteiger partial charge in [-0.3, -0.25) is 14.9 Å². The van der Waals surface area contributed by atoms with Crippen molar-refractivity contribution in [3.8, 4) is 0 Å². The molecule has 0 fully saturated rings. The second-order valence-electron chi connectivity index (χ2n) is 4.54. The van der Waals surface area contributed by atoms with Crippen molar-refractivity contribution in [3.63, 3.8) is 0 Å². The maximum absolute atomic E-state index is 13.5. The Kier molecular flexibility index (Phi) is 4.94. The summed E-state index contributed by atoms with van der Waals surface area (Å²) < 4.78 is 13.5. The van der Waals surface area contributed by atoms with Gasteiger partial charge in [0.05, 0.1) is 16.6 Å². The Morgan fingerprint density at radius 1 is 1.53 bits per heavy atom. The molecule has 3 N–H and O–H groups in total. The van der Waals surface area contributed by atoms with Crippen LogP contribution in [0.3, 0.4) is 0 Å². The zero-order valence-electron chi connectivity index (χ0n) is 10.7. The lowest BCUT2D eigenvalue weighted by atomic mass is 10.1. The Morgan fingerprint density at radius 3 is 2.63 bits per heavy atom. The molecule has 1 aromatic rings. The van der Waals surface area contributed by atoms with Crippen molar-refractivity contribution in [1.29, 1.82) is 0 Å². The van der Waals surface area contributed by atoms with Gasteiger partial charge in [-0.05, 0) is 12.0 Å². The van der Waals surface area contributed by atoms with Gasteiger partial charge in [-0.1, -0.05) is 13.8 Å². The van der Waals surface area contributed by atoms with Crippen LogP contribution in [0.5, 0.6) is 0 Å². The van der Waals surface area contributed by atoms with E-state index in [1.807, 2.05) is 13.8 Å². The SMILES string of the molecule is CC(C)C(N)CNC(=O)c1ccc([N+](=O)[O-])cc1F. The molecular formula is C12H16FN3O3. The summed E-state index contributed by atoms with van der Waals surface area (Å²) in [6.45, 7) is 4.03. The summed E-state index contributed by atoms with van der Waals surface area (Å²) in [6.07, 6.45) is 0. The Morgan fingerprint density at radius 2 is 2.16 bits per heavy atom. The highest BCUT2D eigenvalue weighted by Gasteiger charge is 2.17. The van der Waals surface area contributed by atoms with E-state index < -0.39 is 22.3 Å². The van der Waals surface area contributed by atoms with Crippen LogP contribution in [0.4, 0.5) is 10.1 Å². The molecule has 0 saturated carbocycles. The summed E-state index contributed by atoms with van der Waals surface area (Å²) in [5.74, 6) is -1.38. The van der Waals surface area contributed by atoms with Gasteiger partial charge in [-0.2, -0.15) is 0 Å². The second-order valence-corrected chi connectivity index (χ2v) is 4.54. The number of halogens is 1. The summed E-state index contributed by atoms with van der Waals surface area (Å²) in [7, 11) is 0. The summed E-state index contributed by atoms with van der Waals surface area (Å²) in [6, 6.07) is 2.66. The Labute approximate surface area is 109 Å². The normalized spacial score (nSPS) is 12.3. The van der Waals surface area contributed by atoms with Crippen LogP contribution in [-0.2, 0) is 0 Å². The smallest absolute Gasteiger partial charge is 0.272 e. The summed E-state index contributed by atoms with van der Waals surface area (Å²) >= 11 is 0. The monoisotopic (exact) mass is 269 g/mol. The maximum Gasteiger partial charge on any atom is 0.272 e. The van der Waals surface area contributed by atoms with Gasteiger partial charge >= 0.3 is 0 Å². The lowest BCUT2D eigenvalue weighted by Gasteiger charge is -2.16. The van der Waals surface area contributed by atoms with Gasteiger partial charge in [0.2, 0.25) is 0 Å². The second kappa shape index (κ2) is 6.24. The van der Waals surface area contributed by atoms with Gasteiger partial charge in [0.15, 0.2) is 0 Å². The topological polar surface area (TPSA) is 98.3 Å². The van der Waals surface area contributed by atoms with Gasteiger partial charge in [0.1, 0.15) is 5.82 Å². The molecule has 1 aromatic carbocycles. The van der Waals surface area contributed by atoms with Crippen molar-refractivity contribution < 1.29 is 14.1 Å². The Hall–Kier alpha value is -2.02. The maximum atomic E-state index is 13.5. The highest BCUT2D eigenvalue weighted by Crippen LogP contribution is 2.16. The van der Waals surface area contributed by atoms with Crippen molar-refractivity contribution in [2.75, 3.05) is 6.54 Å². The van der Waals surface area contributed by atoms with Crippen LogP contribution < -0.4 is 11.1 Å². The number of benzene rings is 1. The van der Waals surface area contributed by atoms with E-state index in [1.165, 1.54) is 0 Å². The highest BCUT2D eigenvalue weighted by atomic mass is 19.1. The molecule has 1 atom stereocenters. The first-order valence-electron chi connectivity index (χ1n) is 5.80. The molecule has 0 bridgehead atoms. The molecule has 0 heterocycles. The van der Waals surface area contributed by atoms with Crippen LogP contribution in [0.1, 0.15) is 24.2 Å². The lowest BCUT2D eigenvalue weighted by molar-refractivity contribution is -0.385. The number of rotatable bonds is 5. The van der Waals surface area contributed by atoms with Gasteiger partial charge in [-0.15, -0.1) is 0 Å². The molecule has 0 radical (unpaired) electrons. The minimum atomic E-state index is -0.926. The van der Waals surface area contributed by atoms with Crippen LogP contribution in [0.15, 0.2) is 18.2 Å². The van der Waals surface area contributed by atoms with Crippen LogP contribution in [0, 0.1) is 21.8 Å². The van der Waals surface area contributed by atoms with E-state index in [-0.39, 0.29) is 24.1 Å². The van der Waals surface area contributed by atoms with Gasteiger partial charge in [0.25, 0.3) is 11.6 Å². The standard InChI is InChI=1S/C12H16FN3O3/c1-7(2)11(14)6-15-12(17)9-4-3-8(16(18)19)5-10(9)13/h3-5,7,11H,6,14H2,1-2H3,(H,15,17). The van der Waals surface area contributed by atoms with E-state index in [9.17, 15) is 19.3 Å². The van der Waals surface area contributed by atoms with Gasteiger partial charge in [-0.25, -0.2) is 4.39 Å². The minimum Gasteiger partial charge on any atom is -0.350 e. The fraction of sp³-hybridized carbons (Fsp3) is 0.417. The van der Waals surface area contributed by atoms with E-state index in [1.54, 1.807) is 0 Å². The van der Waals surface area contributed by atoms with Crippen LogP contribution in [0.2, 0.25) is 0 Å². The van der Waals surface area contributed by atoms with Crippen molar-refractivity contribution in [1.82, 2.24) is 5.32 Å². The van der Waals surface area contributed by atoms with E-state index in [2.05, 4.69) is 5.32 Å². The van der Waals surface area contributed by atoms with Crippen molar-refractivity contribution in [3.05, 3.63) is 39.7 Å². The lowest BCUT2D eigenvalue weighted by Crippen LogP contribution is -2.40. The predicted molar refractivity (Wildman–Crippen MR) is 68.2 cm³/mol. The van der Waals surface area contributed by atoms with Crippen molar-refractivity contribution in [2.45, 2.75) is 19.9 Å². The molecule has 1 rings (SSSR count). The zero-order valence-corrected chi connectivity index (χ0v) is 10.7. The number of nitro groups is 1. The number of nitrogens with two attached hydrogens (primary N) is 1. The molecular weight excluding hydrogens is 253 g/mol. The van der Waals surface area contributed by atoms with Gasteiger partial charge < -0.3 is 11.1 Å². The number of amides is 1. The third kappa shape index (κ3) is 3.99. The first kappa shape index (κ1) is 15.0. The largest absolute Gasteiger partial charge is 0.350 e. The number of carbonyl (C=O) groups is 1. The number of hydrogen-bond donors (Lipinski definition) is 2. The molecule has 104 valence electrons. The highest BCUT2D eigenvalue weighted by molar-refractivity contribution is 5.94. The predicted octanol–water partition coefficient (Wildman–Crippen LogP) is 1.45. The third-order valence-electron chi connectivity index (χ3n) is 2.76. The van der Waals surface area contributed by atoms with Crippen molar-refractivity contribution >= 4 is 11.6 Å². The van der Waals surface area contributed by atoms with Crippen LogP contribution >= 0.6 is 0 Å². The van der Waals surface area contributed by atoms with Crippen LogP contribution in [0.25, 0.3) is 0 Å². The number of hydrogen-bond acceptors (Lipinski definition) is 4. The molecule has 7 heteroatoms. The molecule has 0 aromatic heterocycles. The van der Waals surface area contributed by atoms with E-state index >= 15 is 0 Å². The molecule has 19 heavy (non-hydrogen) atoms. The average Bonchev–Trinajstić information content (AvgIpc) is 2.34. The molecule has 0 aliphatic rings. The Balaban J connectivity index is 2.75. The Bertz CT molecular complexity index is 491. The molecule has 6 nitrogen and oxygen atoms in total. The van der Waals surface area contributed by atoms with Crippen molar-refractivity contribution in [2.24, 2.45) is 11.7 Å². The van der Waals surface area contributed by atoms with E-state index in [0.717, 1.165) is 18.2 Å². The summed E-state index contributed by atoms with van der Waals surface area (Å²) in [4.78, 5) is 21.4. The molecule has 0 aliphatic carbocycles. The number of nitrogens with one attached hydrogen (secondary N) is 1. The zero-order chi connectivity index (χ0) is 14.6. The summed E-state index contributed by atoms with van der Waals surface area (Å²) in [5.41, 5.74) is 5.12. The number of non-ortho nitro benzene ring substituents is 1. The quantitative estimate of drug-likeness (QED) is 0.624. The number of carbonyl (C=O) groups excluding carboxylic acids is 1. The fourth-order valence-electron chi connectivity index (χ4n) is 1.34. The molecule has 1 amide bonds. The molecule has 0 spiro atoms. The summed E-state index contributed by atoms with van der Waals surface area (Å²) in [5, 5.41) is 12.9. The number of nitro benzene ring substituents is 1. The number of nitrogens with zero attached hydrogens (tertiary/aromatic N) is 1. The third-order valence-corrected chi connectivity index (χ3v) is 2.76. The van der Waals surface area contributed by atoms with Crippen LogP contribution in [-0.4, -0.2) is 23.4 Å². The molecule has 0 saturated heterocycles. The molecule has 1 unspecified atom stereocenters. The first-order valence-corrected chi connectivity index (χ1v) is 5.80. The first-order chi connectivity index (χ1) is 8.82. The van der Waals surface area contributed by atoms with Gasteiger partial charge in [0, 0.05) is 18.7 Å². The average molecular weight is 269 g/mol.